The molecule has 23 heavy (non-hydrogen) atoms. The van der Waals surface area contributed by atoms with E-state index in [1.165, 1.54) is 6.42 Å². The first kappa shape index (κ1) is 18.5. The van der Waals surface area contributed by atoms with Gasteiger partial charge in [0.05, 0.1) is 13.2 Å². The number of rotatable bonds is 4. The quantitative estimate of drug-likeness (QED) is 0.859. The maximum Gasteiger partial charge on any atom is 0.410 e. The number of ether oxygens (including phenoxy) is 2. The highest BCUT2D eigenvalue weighted by Crippen LogP contribution is 2.23. The second-order valence-electron chi connectivity index (χ2n) is 7.69. The molecular weight excluding hydrogens is 294 g/mol. The molecule has 2 atom stereocenters. The molecular formula is C17H33N3O3. The Labute approximate surface area is 140 Å². The van der Waals surface area contributed by atoms with Crippen molar-refractivity contribution in [2.24, 2.45) is 0 Å². The molecule has 0 bridgehead atoms. The molecule has 0 radical (unpaired) electrons. The van der Waals surface area contributed by atoms with Crippen LogP contribution in [0.4, 0.5) is 4.79 Å². The third-order valence-electron chi connectivity index (χ3n) is 4.29. The molecule has 0 aromatic heterocycles. The maximum absolute atomic E-state index is 12.5. The summed E-state index contributed by atoms with van der Waals surface area (Å²) < 4.78 is 11.0. The van der Waals surface area contributed by atoms with Gasteiger partial charge < -0.3 is 14.4 Å². The van der Waals surface area contributed by atoms with E-state index in [9.17, 15) is 4.79 Å². The summed E-state index contributed by atoms with van der Waals surface area (Å²) in [5.74, 6) is 0. The Morgan fingerprint density at radius 3 is 2.61 bits per heavy atom. The first-order chi connectivity index (χ1) is 10.8. The number of morpholine rings is 1. The Morgan fingerprint density at radius 1 is 1.26 bits per heavy atom. The van der Waals surface area contributed by atoms with Crippen LogP contribution in [-0.2, 0) is 9.47 Å². The molecule has 6 nitrogen and oxygen atoms in total. The monoisotopic (exact) mass is 327 g/mol. The molecule has 2 rings (SSSR count). The van der Waals surface area contributed by atoms with Crippen LogP contribution in [0.2, 0.25) is 0 Å². The van der Waals surface area contributed by atoms with Gasteiger partial charge >= 0.3 is 6.09 Å². The number of likely N-dealkylation sites (tertiary alicyclic amines) is 1. The van der Waals surface area contributed by atoms with Crippen LogP contribution >= 0.6 is 0 Å². The second kappa shape index (κ2) is 8.31. The SMILES string of the molecule is CC(CC1CCCCN1C(=O)OC(C)(C)C)NN1CCOCC1. The van der Waals surface area contributed by atoms with Gasteiger partial charge in [-0.3, -0.25) is 5.43 Å². The Morgan fingerprint density at radius 2 is 1.96 bits per heavy atom. The van der Waals surface area contributed by atoms with Crippen molar-refractivity contribution in [2.45, 2.75) is 71.1 Å². The molecule has 2 fully saturated rings. The van der Waals surface area contributed by atoms with E-state index in [4.69, 9.17) is 9.47 Å². The predicted octanol–water partition coefficient (Wildman–Crippen LogP) is 2.39. The number of nitrogens with one attached hydrogen (secondary N) is 1. The van der Waals surface area contributed by atoms with Gasteiger partial charge in [0.2, 0.25) is 0 Å². The van der Waals surface area contributed by atoms with Gasteiger partial charge in [-0.1, -0.05) is 0 Å². The fourth-order valence-corrected chi connectivity index (χ4v) is 3.27. The minimum absolute atomic E-state index is 0.166. The van der Waals surface area contributed by atoms with Crippen LogP contribution in [0.15, 0.2) is 0 Å². The van der Waals surface area contributed by atoms with E-state index in [2.05, 4.69) is 17.4 Å². The maximum atomic E-state index is 12.5. The number of hydrazine groups is 1. The average molecular weight is 327 g/mol. The van der Waals surface area contributed by atoms with E-state index in [0.717, 1.165) is 52.1 Å². The van der Waals surface area contributed by atoms with Crippen LogP contribution in [0.3, 0.4) is 0 Å². The molecule has 134 valence electrons. The van der Waals surface area contributed by atoms with Gasteiger partial charge in [0.15, 0.2) is 0 Å². The third kappa shape index (κ3) is 6.28. The first-order valence-corrected chi connectivity index (χ1v) is 8.93. The van der Waals surface area contributed by atoms with Gasteiger partial charge in [0.1, 0.15) is 5.60 Å². The summed E-state index contributed by atoms with van der Waals surface area (Å²) >= 11 is 0. The number of nitrogens with zero attached hydrogens (tertiary/aromatic N) is 2. The molecule has 1 amide bonds. The zero-order valence-corrected chi connectivity index (χ0v) is 15.1. The summed E-state index contributed by atoms with van der Waals surface area (Å²) in [5, 5.41) is 2.23. The molecule has 0 spiro atoms. The normalized spacial score (nSPS) is 25.2. The number of piperidine rings is 1. The van der Waals surface area contributed by atoms with Gasteiger partial charge in [-0.05, 0) is 53.4 Å². The van der Waals surface area contributed by atoms with E-state index in [0.29, 0.717) is 6.04 Å². The van der Waals surface area contributed by atoms with E-state index >= 15 is 0 Å². The molecule has 2 unspecified atom stereocenters. The van der Waals surface area contributed by atoms with Crippen LogP contribution < -0.4 is 5.43 Å². The molecule has 0 aromatic carbocycles. The van der Waals surface area contributed by atoms with Crippen LogP contribution in [-0.4, -0.2) is 66.5 Å². The van der Waals surface area contributed by atoms with Crippen molar-refractivity contribution in [2.75, 3.05) is 32.8 Å². The number of carbonyl (C=O) groups excluding carboxylic acids is 1. The zero-order chi connectivity index (χ0) is 16.9. The number of hydrogen-bond acceptors (Lipinski definition) is 5. The van der Waals surface area contributed by atoms with Crippen LogP contribution in [0, 0.1) is 0 Å². The Hall–Kier alpha value is -0.850. The lowest BCUT2D eigenvalue weighted by molar-refractivity contribution is -0.00524. The van der Waals surface area contributed by atoms with Gasteiger partial charge in [0.25, 0.3) is 0 Å². The molecule has 2 aliphatic heterocycles. The van der Waals surface area contributed by atoms with Gasteiger partial charge in [-0.15, -0.1) is 0 Å². The lowest BCUT2D eigenvalue weighted by Gasteiger charge is -2.39. The zero-order valence-electron chi connectivity index (χ0n) is 15.1. The highest BCUT2D eigenvalue weighted by Gasteiger charge is 2.31. The smallest absolute Gasteiger partial charge is 0.410 e. The van der Waals surface area contributed by atoms with Crippen LogP contribution in [0.5, 0.6) is 0 Å². The van der Waals surface area contributed by atoms with E-state index in [1.54, 1.807) is 0 Å². The molecule has 0 aromatic rings. The summed E-state index contributed by atoms with van der Waals surface area (Å²) in [6.45, 7) is 12.2. The summed E-state index contributed by atoms with van der Waals surface area (Å²) in [6, 6.07) is 0.600. The Kier molecular flexibility index (Phi) is 6.68. The number of carbonyl (C=O) groups is 1. The molecule has 2 heterocycles. The van der Waals surface area contributed by atoms with E-state index < -0.39 is 5.60 Å². The van der Waals surface area contributed by atoms with Crippen molar-refractivity contribution < 1.29 is 14.3 Å². The van der Waals surface area contributed by atoms with Crippen molar-refractivity contribution >= 4 is 6.09 Å². The third-order valence-corrected chi connectivity index (χ3v) is 4.29. The fraction of sp³-hybridized carbons (Fsp3) is 0.941. The first-order valence-electron chi connectivity index (χ1n) is 8.93. The van der Waals surface area contributed by atoms with Crippen molar-refractivity contribution in [3.63, 3.8) is 0 Å². The number of amides is 1. The van der Waals surface area contributed by atoms with E-state index in [1.807, 2.05) is 25.7 Å². The average Bonchev–Trinajstić information content (AvgIpc) is 2.47. The Balaban J connectivity index is 1.85. The molecule has 1 N–H and O–H groups in total. The molecule has 2 saturated heterocycles. The summed E-state index contributed by atoms with van der Waals surface area (Å²) in [4.78, 5) is 14.4. The van der Waals surface area contributed by atoms with E-state index in [-0.39, 0.29) is 12.1 Å². The molecule has 2 aliphatic rings. The Bertz CT molecular complexity index is 378. The van der Waals surface area contributed by atoms with Crippen molar-refractivity contribution in [1.82, 2.24) is 15.3 Å². The molecule has 6 heteroatoms. The minimum atomic E-state index is -0.434. The molecule has 0 aliphatic carbocycles. The second-order valence-corrected chi connectivity index (χ2v) is 7.69. The largest absolute Gasteiger partial charge is 0.444 e. The minimum Gasteiger partial charge on any atom is -0.444 e. The molecule has 0 saturated carbocycles. The van der Waals surface area contributed by atoms with Crippen molar-refractivity contribution in [3.05, 3.63) is 0 Å². The van der Waals surface area contributed by atoms with Gasteiger partial charge in [-0.2, -0.15) is 0 Å². The standard InChI is InChI=1S/C17H33N3O3/c1-14(18-19-9-11-22-12-10-19)13-15-7-5-6-8-20(15)16(21)23-17(2,3)4/h14-15,18H,5-13H2,1-4H3. The summed E-state index contributed by atoms with van der Waals surface area (Å²) in [7, 11) is 0. The van der Waals surface area contributed by atoms with Crippen molar-refractivity contribution in [1.29, 1.82) is 0 Å². The van der Waals surface area contributed by atoms with Gasteiger partial charge in [0, 0.05) is 31.7 Å². The van der Waals surface area contributed by atoms with Crippen molar-refractivity contribution in [3.8, 4) is 0 Å². The lowest BCUT2D eigenvalue weighted by atomic mass is 9.97. The fourth-order valence-electron chi connectivity index (χ4n) is 3.27. The van der Waals surface area contributed by atoms with Gasteiger partial charge in [-0.25, -0.2) is 9.80 Å². The highest BCUT2D eigenvalue weighted by molar-refractivity contribution is 5.68. The lowest BCUT2D eigenvalue weighted by Crippen LogP contribution is -2.52. The summed E-state index contributed by atoms with van der Waals surface area (Å²) in [5.41, 5.74) is 3.11. The van der Waals surface area contributed by atoms with Crippen LogP contribution in [0.25, 0.3) is 0 Å². The number of hydrogen-bond donors (Lipinski definition) is 1. The summed E-state index contributed by atoms with van der Waals surface area (Å²) in [6.07, 6.45) is 4.11. The highest BCUT2D eigenvalue weighted by atomic mass is 16.6. The van der Waals surface area contributed by atoms with Crippen LogP contribution in [0.1, 0.15) is 53.4 Å². The topological polar surface area (TPSA) is 54.0 Å². The predicted molar refractivity (Wildman–Crippen MR) is 90.2 cm³/mol.